The van der Waals surface area contributed by atoms with Gasteiger partial charge in [0.2, 0.25) is 0 Å². The number of aliphatic hydroxyl groups excluding tert-OH is 1. The molecule has 0 amide bonds. The third-order valence-electron chi connectivity index (χ3n) is 3.95. The van der Waals surface area contributed by atoms with E-state index in [-0.39, 0.29) is 6.10 Å². The Bertz CT molecular complexity index is 608. The van der Waals surface area contributed by atoms with Gasteiger partial charge in [-0.3, -0.25) is 0 Å². The maximum atomic E-state index is 9.35. The number of hydrogen-bond acceptors (Lipinski definition) is 5. The zero-order valence-corrected chi connectivity index (χ0v) is 12.8. The molecule has 3 rings (SSSR count). The summed E-state index contributed by atoms with van der Waals surface area (Å²) in [6, 6.07) is 0. The largest absolute Gasteiger partial charge is 0.393 e. The van der Waals surface area contributed by atoms with Crippen LogP contribution in [0.2, 0.25) is 0 Å². The second-order valence-electron chi connectivity index (χ2n) is 5.82. The van der Waals surface area contributed by atoms with Crippen LogP contribution in [0.15, 0.2) is 6.33 Å². The Morgan fingerprint density at radius 2 is 2.35 bits per heavy atom. The molecule has 1 aliphatic carbocycles. The molecule has 20 heavy (non-hydrogen) atoms. The Kier molecular flexibility index (Phi) is 3.89. The van der Waals surface area contributed by atoms with Gasteiger partial charge in [-0.2, -0.15) is 0 Å². The van der Waals surface area contributed by atoms with Gasteiger partial charge in [0.25, 0.3) is 0 Å². The molecule has 0 aromatic carbocycles. The maximum Gasteiger partial charge on any atom is 0.138 e. The number of rotatable bonds is 4. The lowest BCUT2D eigenvalue weighted by Crippen LogP contribution is -2.12. The number of hydrogen-bond donors (Lipinski definition) is 2. The zero-order chi connectivity index (χ0) is 14.1. The van der Waals surface area contributed by atoms with Gasteiger partial charge in [0, 0.05) is 11.4 Å². The van der Waals surface area contributed by atoms with E-state index in [0.717, 1.165) is 36.0 Å². The first-order valence-corrected chi connectivity index (χ1v) is 8.14. The predicted molar refractivity (Wildman–Crippen MR) is 83.4 cm³/mol. The van der Waals surface area contributed by atoms with E-state index in [1.54, 1.807) is 6.33 Å². The van der Waals surface area contributed by atoms with Crippen molar-refractivity contribution >= 4 is 27.4 Å². The summed E-state index contributed by atoms with van der Waals surface area (Å²) in [5.41, 5.74) is 1.45. The summed E-state index contributed by atoms with van der Waals surface area (Å²) in [4.78, 5) is 11.4. The average molecular weight is 291 g/mol. The van der Waals surface area contributed by atoms with Crippen LogP contribution in [-0.4, -0.2) is 27.7 Å². The van der Waals surface area contributed by atoms with E-state index in [1.807, 2.05) is 18.3 Å². The fourth-order valence-corrected chi connectivity index (χ4v) is 4.16. The molecule has 2 N–H and O–H groups in total. The van der Waals surface area contributed by atoms with E-state index in [0.29, 0.717) is 0 Å². The lowest BCUT2D eigenvalue weighted by Gasteiger charge is -2.18. The van der Waals surface area contributed by atoms with Crippen molar-refractivity contribution in [2.45, 2.75) is 45.6 Å². The van der Waals surface area contributed by atoms with Crippen LogP contribution >= 0.6 is 11.3 Å². The number of thiophene rings is 1. The lowest BCUT2D eigenvalue weighted by molar-refractivity contribution is 0.188. The second kappa shape index (κ2) is 5.66. The van der Waals surface area contributed by atoms with Crippen molar-refractivity contribution in [1.29, 1.82) is 0 Å². The molecular formula is C15H21N3OS. The Labute approximate surface area is 123 Å². The first kappa shape index (κ1) is 13.8. The topological polar surface area (TPSA) is 58.0 Å². The number of nitrogens with one attached hydrogen (secondary N) is 1. The van der Waals surface area contributed by atoms with Gasteiger partial charge in [0.15, 0.2) is 0 Å². The number of aromatic nitrogens is 2. The Balaban J connectivity index is 1.92. The van der Waals surface area contributed by atoms with Crippen molar-refractivity contribution in [3.05, 3.63) is 16.8 Å². The van der Waals surface area contributed by atoms with Gasteiger partial charge in [-0.15, -0.1) is 11.3 Å². The molecule has 2 heterocycles. The minimum absolute atomic E-state index is 0.280. The van der Waals surface area contributed by atoms with Gasteiger partial charge in [0.1, 0.15) is 17.0 Å². The van der Waals surface area contributed by atoms with E-state index >= 15 is 0 Å². The maximum absolute atomic E-state index is 9.35. The van der Waals surface area contributed by atoms with Gasteiger partial charge < -0.3 is 10.4 Å². The molecule has 0 spiro atoms. The SMILES string of the molecule is C[C@@H]1CCc2c(sc3ncnc(NCC[C@@H](C)O)c23)C1. The monoisotopic (exact) mass is 291 g/mol. The van der Waals surface area contributed by atoms with Crippen LogP contribution in [0.1, 0.15) is 37.1 Å². The molecule has 0 radical (unpaired) electrons. The Morgan fingerprint density at radius 3 is 3.15 bits per heavy atom. The zero-order valence-electron chi connectivity index (χ0n) is 12.0. The van der Waals surface area contributed by atoms with Crippen LogP contribution in [0.4, 0.5) is 5.82 Å². The van der Waals surface area contributed by atoms with Crippen molar-refractivity contribution in [2.24, 2.45) is 5.92 Å². The molecule has 2 atom stereocenters. The normalized spacial score (nSPS) is 19.9. The van der Waals surface area contributed by atoms with Gasteiger partial charge in [0.05, 0.1) is 11.5 Å². The molecule has 0 saturated heterocycles. The third-order valence-corrected chi connectivity index (χ3v) is 5.11. The highest BCUT2D eigenvalue weighted by atomic mass is 32.1. The molecular weight excluding hydrogens is 270 g/mol. The molecule has 108 valence electrons. The number of nitrogens with zero attached hydrogens (tertiary/aromatic N) is 2. The number of fused-ring (bicyclic) bond motifs is 3. The molecule has 1 aliphatic rings. The van der Waals surface area contributed by atoms with Gasteiger partial charge in [-0.25, -0.2) is 9.97 Å². The first-order valence-electron chi connectivity index (χ1n) is 7.32. The summed E-state index contributed by atoms with van der Waals surface area (Å²) in [6.45, 7) is 4.87. The fourth-order valence-electron chi connectivity index (χ4n) is 2.81. The van der Waals surface area contributed by atoms with Crippen LogP contribution in [0.3, 0.4) is 0 Å². The molecule has 4 nitrogen and oxygen atoms in total. The smallest absolute Gasteiger partial charge is 0.138 e. The number of aryl methyl sites for hydroxylation is 1. The summed E-state index contributed by atoms with van der Waals surface area (Å²) in [5, 5.41) is 13.9. The van der Waals surface area contributed by atoms with E-state index < -0.39 is 0 Å². The summed E-state index contributed by atoms with van der Waals surface area (Å²) >= 11 is 1.82. The van der Waals surface area contributed by atoms with Gasteiger partial charge in [-0.05, 0) is 44.1 Å². The quantitative estimate of drug-likeness (QED) is 0.909. The summed E-state index contributed by atoms with van der Waals surface area (Å²) in [6.07, 6.45) is 5.64. The van der Waals surface area contributed by atoms with E-state index in [4.69, 9.17) is 0 Å². The van der Waals surface area contributed by atoms with Crippen molar-refractivity contribution in [3.8, 4) is 0 Å². The Hall–Kier alpha value is -1.20. The molecule has 0 saturated carbocycles. The predicted octanol–water partition coefficient (Wildman–Crippen LogP) is 3.00. The van der Waals surface area contributed by atoms with E-state index in [9.17, 15) is 5.11 Å². The highest BCUT2D eigenvalue weighted by molar-refractivity contribution is 7.19. The first-order chi connectivity index (χ1) is 9.65. The molecule has 2 aromatic heterocycles. The van der Waals surface area contributed by atoms with Crippen molar-refractivity contribution in [1.82, 2.24) is 9.97 Å². The third kappa shape index (κ3) is 2.65. The molecule has 0 unspecified atom stereocenters. The summed E-state index contributed by atoms with van der Waals surface area (Å²) in [5.74, 6) is 1.71. The second-order valence-corrected chi connectivity index (χ2v) is 6.90. The van der Waals surface area contributed by atoms with Crippen LogP contribution < -0.4 is 5.32 Å². The molecule has 2 aromatic rings. The molecule has 0 aliphatic heterocycles. The van der Waals surface area contributed by atoms with Crippen LogP contribution in [0, 0.1) is 5.92 Å². The van der Waals surface area contributed by atoms with Crippen LogP contribution in [0.25, 0.3) is 10.2 Å². The highest BCUT2D eigenvalue weighted by Crippen LogP contribution is 2.39. The molecule has 5 heteroatoms. The minimum Gasteiger partial charge on any atom is -0.393 e. The lowest BCUT2D eigenvalue weighted by atomic mass is 9.89. The summed E-state index contributed by atoms with van der Waals surface area (Å²) < 4.78 is 0. The average Bonchev–Trinajstić information content (AvgIpc) is 2.76. The minimum atomic E-state index is -0.280. The summed E-state index contributed by atoms with van der Waals surface area (Å²) in [7, 11) is 0. The van der Waals surface area contributed by atoms with E-state index in [1.165, 1.54) is 28.7 Å². The standard InChI is InChI=1S/C15H21N3OS/c1-9-3-4-11-12(7-9)20-15-13(11)14(17-8-18-15)16-6-5-10(2)19/h8-10,19H,3-7H2,1-2H3,(H,16,17,18)/t9-,10-/m1/s1. The highest BCUT2D eigenvalue weighted by Gasteiger charge is 2.22. The van der Waals surface area contributed by atoms with Crippen molar-refractivity contribution < 1.29 is 5.11 Å². The van der Waals surface area contributed by atoms with Crippen molar-refractivity contribution in [2.75, 3.05) is 11.9 Å². The van der Waals surface area contributed by atoms with Crippen LogP contribution in [0.5, 0.6) is 0 Å². The fraction of sp³-hybridized carbons (Fsp3) is 0.600. The van der Waals surface area contributed by atoms with Crippen LogP contribution in [-0.2, 0) is 12.8 Å². The molecule has 0 fully saturated rings. The number of anilines is 1. The van der Waals surface area contributed by atoms with Crippen molar-refractivity contribution in [3.63, 3.8) is 0 Å². The van der Waals surface area contributed by atoms with E-state index in [2.05, 4.69) is 22.2 Å². The number of aliphatic hydroxyl groups is 1. The van der Waals surface area contributed by atoms with Gasteiger partial charge in [-0.1, -0.05) is 6.92 Å². The Morgan fingerprint density at radius 1 is 1.50 bits per heavy atom. The van der Waals surface area contributed by atoms with Gasteiger partial charge >= 0.3 is 0 Å². The molecule has 0 bridgehead atoms.